The Morgan fingerprint density at radius 1 is 0.388 bits per heavy atom. The third-order valence-electron chi connectivity index (χ3n) is 12.3. The first-order chi connectivity index (χ1) is 29.9. The molecule has 1 aliphatic heterocycles. The Hall–Kier alpha value is -2.48. The monoisotopic (exact) mass is 1210 g/mol. The molecular formula is C58H80Br3N4OSb. The number of hydrogen-bond donors (Lipinski definition) is 0. The summed E-state index contributed by atoms with van der Waals surface area (Å²) in [4.78, 5) is 0. The number of para-hydroxylation sites is 4. The number of rotatable bonds is 12. The van der Waals surface area contributed by atoms with Gasteiger partial charge >= 0.3 is 24.4 Å². The van der Waals surface area contributed by atoms with Crippen LogP contribution in [-0.2, 0) is 4.74 Å². The van der Waals surface area contributed by atoms with E-state index in [4.69, 9.17) is 4.74 Å². The van der Waals surface area contributed by atoms with Crippen molar-refractivity contribution in [3.63, 3.8) is 0 Å². The zero-order valence-corrected chi connectivity index (χ0v) is 50.8. The minimum atomic E-state index is 0. The molecule has 9 heteroatoms. The summed E-state index contributed by atoms with van der Waals surface area (Å²) in [5.74, 6) is 3.71. The number of ether oxygens (including phenoxy) is 1. The summed E-state index contributed by atoms with van der Waals surface area (Å²) in [5, 5.41) is 0. The third kappa shape index (κ3) is 15.5. The second kappa shape index (κ2) is 29.0. The molecule has 67 heavy (non-hydrogen) atoms. The fourth-order valence-electron chi connectivity index (χ4n) is 8.83. The van der Waals surface area contributed by atoms with Crippen LogP contribution in [0.5, 0.6) is 0 Å². The summed E-state index contributed by atoms with van der Waals surface area (Å²) in [6, 6.07) is 26.8. The summed E-state index contributed by atoms with van der Waals surface area (Å²) in [5.41, 5.74) is 16.2. The van der Waals surface area contributed by atoms with Gasteiger partial charge < -0.3 is 64.8 Å². The maximum Gasteiger partial charge on any atom is 3.00 e. The van der Waals surface area contributed by atoms with Crippen molar-refractivity contribution in [1.29, 1.82) is 0 Å². The van der Waals surface area contributed by atoms with E-state index in [-0.39, 0.29) is 75.4 Å². The van der Waals surface area contributed by atoms with Crippen LogP contribution in [0.2, 0.25) is 0 Å². The van der Waals surface area contributed by atoms with E-state index in [2.05, 4.69) is 239 Å². The van der Waals surface area contributed by atoms with Crippen molar-refractivity contribution in [2.24, 2.45) is 0 Å². The van der Waals surface area contributed by atoms with E-state index in [1.165, 1.54) is 80.1 Å². The van der Waals surface area contributed by atoms with E-state index in [0.717, 1.165) is 13.2 Å². The molecule has 1 saturated heterocycles. The number of benzene rings is 4. The van der Waals surface area contributed by atoms with Crippen LogP contribution < -0.4 is 60.1 Å². The summed E-state index contributed by atoms with van der Waals surface area (Å²) >= 11 is 0. The first kappa shape index (κ1) is 62.5. The van der Waals surface area contributed by atoms with Gasteiger partial charge in [-0.3, -0.25) is 9.13 Å². The molecule has 6 aromatic rings. The van der Waals surface area contributed by atoms with E-state index in [1.807, 2.05) is 0 Å². The molecule has 0 spiro atoms. The Labute approximate surface area is 456 Å². The minimum absolute atomic E-state index is 0. The van der Waals surface area contributed by atoms with Gasteiger partial charge in [0.2, 0.25) is 0 Å². The molecule has 0 amide bonds. The van der Waals surface area contributed by atoms with E-state index in [9.17, 15) is 0 Å². The number of aromatic nitrogens is 4. The number of halogens is 3. The maximum atomic E-state index is 4.94. The molecule has 0 bridgehead atoms. The minimum Gasteiger partial charge on any atom is -1.00 e. The molecule has 4 aromatic carbocycles. The van der Waals surface area contributed by atoms with Gasteiger partial charge in [-0.25, -0.2) is 0 Å². The Morgan fingerprint density at radius 2 is 0.612 bits per heavy atom. The quantitative estimate of drug-likeness (QED) is 0.0902. The smallest absolute Gasteiger partial charge is 1.00 e. The van der Waals surface area contributed by atoms with E-state index >= 15 is 0 Å². The molecule has 0 unspecified atom stereocenters. The van der Waals surface area contributed by atoms with E-state index in [0.29, 0.717) is 47.3 Å². The molecular weight excluding hydrogens is 1130 g/mol. The molecule has 2 radical (unpaired) electrons. The molecule has 1 fully saturated rings. The average molecular weight is 1210 g/mol. The van der Waals surface area contributed by atoms with Gasteiger partial charge in [0, 0.05) is 46.8 Å². The molecule has 7 rings (SSSR count). The number of nitrogens with zero attached hydrogens (tertiary/aromatic N) is 4. The average Bonchev–Trinajstić information content (AvgIpc) is 4.08. The Kier molecular flexibility index (Phi) is 27.1. The maximum absolute atomic E-state index is 4.94. The van der Waals surface area contributed by atoms with Crippen LogP contribution in [0, 0.1) is 12.4 Å². The van der Waals surface area contributed by atoms with Gasteiger partial charge in [-0.2, -0.15) is 0 Å². The van der Waals surface area contributed by atoms with Crippen LogP contribution in [0.3, 0.4) is 0 Å². The number of imidazole rings is 2. The summed E-state index contributed by atoms with van der Waals surface area (Å²) in [7, 11) is 0. The second-order valence-corrected chi connectivity index (χ2v) is 20.0. The van der Waals surface area contributed by atoms with Crippen LogP contribution in [-0.4, -0.2) is 46.8 Å². The van der Waals surface area contributed by atoms with Crippen molar-refractivity contribution in [2.45, 2.75) is 171 Å². The SMILES string of the molecule is C1CCOC1.CC(C)c1cccc(C(C)C)c1-n1c[c-][n+](-c2c(C(C)C)cccc2C(C)C)c1.CC(C)c1cccc(C(C)C)c1-n1c[c-][n+](-c2c(C(C)C)cccc2C(C)C)c1.[Br-].[Br-].[Br-].[Sb+3]. The molecule has 0 saturated carbocycles. The van der Waals surface area contributed by atoms with Crippen LogP contribution in [0.25, 0.3) is 22.7 Å². The molecule has 0 aliphatic carbocycles. The summed E-state index contributed by atoms with van der Waals surface area (Å²) in [6.07, 6.45) is 18.2. The molecule has 1 aliphatic rings. The Balaban J connectivity index is 0.000000574. The zero-order valence-electron chi connectivity index (χ0n) is 43.5. The van der Waals surface area contributed by atoms with Gasteiger partial charge in [-0.1, -0.05) is 206 Å². The third-order valence-corrected chi connectivity index (χ3v) is 12.3. The second-order valence-electron chi connectivity index (χ2n) is 20.0. The first-order valence-corrected chi connectivity index (χ1v) is 24.1. The summed E-state index contributed by atoms with van der Waals surface area (Å²) < 4.78 is 13.9. The molecule has 0 atom stereocenters. The molecule has 364 valence electrons. The van der Waals surface area contributed by atoms with Crippen LogP contribution in [0.4, 0.5) is 0 Å². The molecule has 5 nitrogen and oxygen atoms in total. The molecule has 0 N–H and O–H groups in total. The normalized spacial score (nSPS) is 12.2. The van der Waals surface area contributed by atoms with Gasteiger partial charge in [-0.05, 0) is 60.2 Å². The van der Waals surface area contributed by atoms with Crippen molar-refractivity contribution in [3.05, 3.63) is 155 Å². The molecule has 2 aromatic heterocycles. The van der Waals surface area contributed by atoms with Crippen LogP contribution in [0.15, 0.2) is 97.8 Å². The predicted molar refractivity (Wildman–Crippen MR) is 271 cm³/mol. The van der Waals surface area contributed by atoms with Gasteiger partial charge in [0.1, 0.15) is 24.0 Å². The van der Waals surface area contributed by atoms with Crippen LogP contribution >= 0.6 is 0 Å². The topological polar surface area (TPSA) is 26.8 Å². The Bertz CT molecular complexity index is 1960. The van der Waals surface area contributed by atoms with Gasteiger partial charge in [0.05, 0.1) is 24.8 Å². The van der Waals surface area contributed by atoms with Crippen molar-refractivity contribution in [3.8, 4) is 22.7 Å². The van der Waals surface area contributed by atoms with Gasteiger partial charge in [0.15, 0.2) is 0 Å². The Morgan fingerprint density at radius 3 is 0.806 bits per heavy atom. The predicted octanol–water partition coefficient (Wildman–Crippen LogP) is 5.52. The first-order valence-electron chi connectivity index (χ1n) is 24.1. The summed E-state index contributed by atoms with van der Waals surface area (Å²) in [6.45, 7) is 38.3. The van der Waals surface area contributed by atoms with E-state index < -0.39 is 0 Å². The number of hydrogen-bond acceptors (Lipinski definition) is 1. The van der Waals surface area contributed by atoms with Crippen molar-refractivity contribution in [2.75, 3.05) is 13.2 Å². The van der Waals surface area contributed by atoms with Crippen molar-refractivity contribution >= 4 is 24.4 Å². The fraction of sp³-hybridized carbons (Fsp3) is 0.483. The van der Waals surface area contributed by atoms with Crippen molar-refractivity contribution < 1.29 is 64.8 Å². The molecule has 3 heterocycles. The van der Waals surface area contributed by atoms with Gasteiger partial charge in [0.25, 0.3) is 0 Å². The fourth-order valence-corrected chi connectivity index (χ4v) is 8.83. The van der Waals surface area contributed by atoms with Gasteiger partial charge in [-0.15, -0.1) is 0 Å². The largest absolute Gasteiger partial charge is 3.00 e. The van der Waals surface area contributed by atoms with Crippen LogP contribution in [0.1, 0.15) is 215 Å². The van der Waals surface area contributed by atoms with E-state index in [1.54, 1.807) is 0 Å². The zero-order chi connectivity index (χ0) is 46.1. The standard InChI is InChI=1S/2C27H36N2.C4H8O.3BrH.Sb/c2*1-18(2)22-11-9-12-23(19(3)4)26(22)28-15-16-29(17-28)27-24(20(5)6)13-10-14-25(27)21(7)8;1-2-4-5-3-1;;;;/h2*9-15,17-21H,1-8H3;1-4H2;3*1H;/q;;;;;;+3/p-3. The van der Waals surface area contributed by atoms with Crippen molar-refractivity contribution in [1.82, 2.24) is 9.13 Å².